The standard InChI is InChI=1S/C37H42BrN3O/c1-25-22-41(24-28-10-8-7-9-11-28)23-26(2)35(25)40(6)36(42)33-21-31(39-34-19-17-30(38)20-32(33)34)18-14-27-12-15-29(16-13-27)37(3,4)5/h7-21,25-26,35H,22-24H2,1-6H3/b18-14+. The van der Waals surface area contributed by atoms with Crippen molar-refractivity contribution in [2.24, 2.45) is 11.8 Å². The van der Waals surface area contributed by atoms with Crippen LogP contribution >= 0.6 is 15.9 Å². The molecular weight excluding hydrogens is 582 g/mol. The number of aromatic nitrogens is 1. The summed E-state index contributed by atoms with van der Waals surface area (Å²) in [5, 5.41) is 0.870. The van der Waals surface area contributed by atoms with Gasteiger partial charge >= 0.3 is 0 Å². The molecule has 1 amide bonds. The molecule has 0 N–H and O–H groups in total. The summed E-state index contributed by atoms with van der Waals surface area (Å²) in [4.78, 5) is 23.6. The first-order chi connectivity index (χ1) is 20.0. The molecule has 2 unspecified atom stereocenters. The van der Waals surface area contributed by atoms with Crippen molar-refractivity contribution in [1.29, 1.82) is 0 Å². The van der Waals surface area contributed by atoms with E-state index in [0.717, 1.165) is 46.3 Å². The molecule has 2 heterocycles. The highest BCUT2D eigenvalue weighted by Gasteiger charge is 2.37. The van der Waals surface area contributed by atoms with Crippen LogP contribution in [0.2, 0.25) is 0 Å². The quantitative estimate of drug-likeness (QED) is 0.215. The number of carbonyl (C=O) groups excluding carboxylic acids is 1. The lowest BCUT2D eigenvalue weighted by atomic mass is 9.84. The number of halogens is 1. The minimum Gasteiger partial charge on any atom is -0.338 e. The molecule has 1 aliphatic rings. The van der Waals surface area contributed by atoms with Gasteiger partial charge in [-0.05, 0) is 64.3 Å². The molecule has 4 nitrogen and oxygen atoms in total. The monoisotopic (exact) mass is 623 g/mol. The highest BCUT2D eigenvalue weighted by Crippen LogP contribution is 2.31. The van der Waals surface area contributed by atoms with Gasteiger partial charge < -0.3 is 4.90 Å². The Morgan fingerprint density at radius 3 is 2.26 bits per heavy atom. The number of hydrogen-bond donors (Lipinski definition) is 0. The van der Waals surface area contributed by atoms with E-state index in [9.17, 15) is 4.79 Å². The molecule has 0 bridgehead atoms. The Kier molecular flexibility index (Phi) is 9.00. The number of piperidine rings is 1. The van der Waals surface area contributed by atoms with Gasteiger partial charge in [-0.15, -0.1) is 0 Å². The molecule has 0 aliphatic carbocycles. The second-order valence-corrected chi connectivity index (χ2v) is 13.9. The summed E-state index contributed by atoms with van der Waals surface area (Å²) in [6.45, 7) is 14.1. The summed E-state index contributed by atoms with van der Waals surface area (Å²) in [6.07, 6.45) is 4.09. The third kappa shape index (κ3) is 6.85. The van der Waals surface area contributed by atoms with Crippen LogP contribution in [0.1, 0.15) is 67.4 Å². The van der Waals surface area contributed by atoms with Gasteiger partial charge in [-0.25, -0.2) is 4.98 Å². The number of hydrogen-bond acceptors (Lipinski definition) is 3. The van der Waals surface area contributed by atoms with Crippen LogP contribution in [-0.4, -0.2) is 46.9 Å². The molecular formula is C37H42BrN3O. The fourth-order valence-electron chi connectivity index (χ4n) is 6.48. The maximum Gasteiger partial charge on any atom is 0.254 e. The summed E-state index contributed by atoms with van der Waals surface area (Å²) < 4.78 is 0.937. The lowest BCUT2D eigenvalue weighted by Gasteiger charge is -2.45. The zero-order valence-corrected chi connectivity index (χ0v) is 27.2. The van der Waals surface area contributed by atoms with Crippen LogP contribution in [0, 0.1) is 11.8 Å². The molecule has 42 heavy (non-hydrogen) atoms. The highest BCUT2D eigenvalue weighted by molar-refractivity contribution is 9.10. The number of likely N-dealkylation sites (tertiary alicyclic amines) is 1. The van der Waals surface area contributed by atoms with Crippen LogP contribution in [0.5, 0.6) is 0 Å². The van der Waals surface area contributed by atoms with E-state index >= 15 is 0 Å². The fourth-order valence-corrected chi connectivity index (χ4v) is 6.84. The number of pyridine rings is 1. The lowest BCUT2D eigenvalue weighted by molar-refractivity contribution is 0.0272. The summed E-state index contributed by atoms with van der Waals surface area (Å²) >= 11 is 3.61. The molecule has 1 aromatic heterocycles. The molecule has 218 valence electrons. The first kappa shape index (κ1) is 30.2. The second-order valence-electron chi connectivity index (χ2n) is 13.0. The highest BCUT2D eigenvalue weighted by atomic mass is 79.9. The van der Waals surface area contributed by atoms with Crippen molar-refractivity contribution in [3.63, 3.8) is 0 Å². The molecule has 5 rings (SSSR count). The third-order valence-corrected chi connectivity index (χ3v) is 9.01. The summed E-state index contributed by atoms with van der Waals surface area (Å²) in [5.74, 6) is 0.744. The van der Waals surface area contributed by atoms with Gasteiger partial charge in [0.15, 0.2) is 0 Å². The molecule has 0 saturated carbocycles. The van der Waals surface area contributed by atoms with E-state index in [-0.39, 0.29) is 17.4 Å². The van der Waals surface area contributed by atoms with E-state index in [0.29, 0.717) is 17.4 Å². The van der Waals surface area contributed by atoms with E-state index < -0.39 is 0 Å². The Bertz CT molecular complexity index is 1560. The van der Waals surface area contributed by atoms with E-state index in [1.54, 1.807) is 0 Å². The van der Waals surface area contributed by atoms with Crippen LogP contribution in [0.3, 0.4) is 0 Å². The van der Waals surface area contributed by atoms with Crippen molar-refractivity contribution in [2.45, 2.75) is 52.6 Å². The Balaban J connectivity index is 1.40. The molecule has 0 radical (unpaired) electrons. The number of nitrogens with zero attached hydrogens (tertiary/aromatic N) is 3. The predicted octanol–water partition coefficient (Wildman–Crippen LogP) is 8.69. The Hall–Kier alpha value is -3.28. The SMILES string of the molecule is CC1CN(Cc2ccccc2)CC(C)C1N(C)C(=O)c1cc(/C=C/c2ccc(C(C)(C)C)cc2)nc2ccc(Br)cc12. The van der Waals surface area contributed by atoms with E-state index in [2.05, 4.69) is 116 Å². The maximum absolute atomic E-state index is 14.2. The van der Waals surface area contributed by atoms with Crippen molar-refractivity contribution in [3.05, 3.63) is 111 Å². The Morgan fingerprint density at radius 2 is 1.62 bits per heavy atom. The normalized spacial score (nSPS) is 19.8. The molecule has 2 atom stereocenters. The molecule has 1 fully saturated rings. The molecule has 4 aromatic rings. The van der Waals surface area contributed by atoms with Crippen LogP contribution < -0.4 is 0 Å². The molecule has 0 spiro atoms. The molecule has 5 heteroatoms. The molecule has 3 aromatic carbocycles. The maximum atomic E-state index is 14.2. The Labute approximate surface area is 259 Å². The van der Waals surface area contributed by atoms with Crippen molar-refractivity contribution >= 4 is 44.9 Å². The summed E-state index contributed by atoms with van der Waals surface area (Å²) in [7, 11) is 1.98. The van der Waals surface area contributed by atoms with Crippen LogP contribution in [-0.2, 0) is 12.0 Å². The van der Waals surface area contributed by atoms with Crippen molar-refractivity contribution in [1.82, 2.24) is 14.8 Å². The number of benzene rings is 3. The fraction of sp³-hybridized carbons (Fsp3) is 0.351. The number of amides is 1. The van der Waals surface area contributed by atoms with E-state index in [1.807, 2.05) is 42.3 Å². The molecule has 1 aliphatic heterocycles. The van der Waals surface area contributed by atoms with Crippen LogP contribution in [0.4, 0.5) is 0 Å². The van der Waals surface area contributed by atoms with Gasteiger partial charge in [0.1, 0.15) is 0 Å². The summed E-state index contributed by atoms with van der Waals surface area (Å²) in [5.41, 5.74) is 6.15. The average Bonchev–Trinajstić information content (AvgIpc) is 2.95. The van der Waals surface area contributed by atoms with E-state index in [1.165, 1.54) is 11.1 Å². The second kappa shape index (κ2) is 12.5. The van der Waals surface area contributed by atoms with Crippen LogP contribution in [0.15, 0.2) is 83.3 Å². The van der Waals surface area contributed by atoms with E-state index in [4.69, 9.17) is 4.98 Å². The van der Waals surface area contributed by atoms with Crippen LogP contribution in [0.25, 0.3) is 23.1 Å². The number of rotatable bonds is 6. The third-order valence-electron chi connectivity index (χ3n) is 8.52. The molecule has 1 saturated heterocycles. The first-order valence-electron chi connectivity index (χ1n) is 14.9. The van der Waals surface area contributed by atoms with Gasteiger partial charge in [0.05, 0.1) is 16.8 Å². The van der Waals surface area contributed by atoms with Gasteiger partial charge in [-0.3, -0.25) is 9.69 Å². The summed E-state index contributed by atoms with van der Waals surface area (Å²) in [6, 6.07) is 27.4. The minimum atomic E-state index is 0.0462. The number of fused-ring (bicyclic) bond motifs is 1. The Morgan fingerprint density at radius 1 is 0.952 bits per heavy atom. The van der Waals surface area contributed by atoms with Crippen molar-refractivity contribution in [2.75, 3.05) is 20.1 Å². The van der Waals surface area contributed by atoms with Crippen molar-refractivity contribution < 1.29 is 4.79 Å². The zero-order valence-electron chi connectivity index (χ0n) is 25.6. The topological polar surface area (TPSA) is 36.4 Å². The van der Waals surface area contributed by atoms with Gasteiger partial charge in [0, 0.05) is 42.6 Å². The predicted molar refractivity (Wildman–Crippen MR) is 179 cm³/mol. The van der Waals surface area contributed by atoms with Crippen molar-refractivity contribution in [3.8, 4) is 0 Å². The zero-order chi connectivity index (χ0) is 30.0. The minimum absolute atomic E-state index is 0.0462. The largest absolute Gasteiger partial charge is 0.338 e. The van der Waals surface area contributed by atoms with Gasteiger partial charge in [-0.2, -0.15) is 0 Å². The smallest absolute Gasteiger partial charge is 0.254 e. The van der Waals surface area contributed by atoms with Gasteiger partial charge in [0.2, 0.25) is 0 Å². The first-order valence-corrected chi connectivity index (χ1v) is 15.7. The average molecular weight is 625 g/mol. The number of carbonyl (C=O) groups is 1. The van der Waals surface area contributed by atoms with Gasteiger partial charge in [-0.1, -0.05) is 111 Å². The van der Waals surface area contributed by atoms with Gasteiger partial charge in [0.25, 0.3) is 5.91 Å². The lowest BCUT2D eigenvalue weighted by Crippen LogP contribution is -2.55.